The van der Waals surface area contributed by atoms with Crippen molar-refractivity contribution in [1.82, 2.24) is 14.3 Å². The van der Waals surface area contributed by atoms with Crippen molar-refractivity contribution in [3.05, 3.63) is 0 Å². The number of methoxy groups -OCH3 is 1. The van der Waals surface area contributed by atoms with Gasteiger partial charge in [0.05, 0.1) is 13.2 Å². The van der Waals surface area contributed by atoms with Gasteiger partial charge in [0.25, 0.3) is 10.2 Å². The van der Waals surface area contributed by atoms with E-state index in [4.69, 9.17) is 9.47 Å². The first-order valence-electron chi connectivity index (χ1n) is 7.53. The lowest BCUT2D eigenvalue weighted by Gasteiger charge is -2.17. The van der Waals surface area contributed by atoms with Gasteiger partial charge in [0.1, 0.15) is 0 Å². The van der Waals surface area contributed by atoms with Crippen LogP contribution in [0.4, 0.5) is 0 Å². The summed E-state index contributed by atoms with van der Waals surface area (Å²) in [6.45, 7) is 6.51. The summed E-state index contributed by atoms with van der Waals surface area (Å²) < 4.78 is 38.0. The van der Waals surface area contributed by atoms with Crippen LogP contribution in [0.15, 0.2) is 0 Å². The van der Waals surface area contributed by atoms with E-state index in [1.165, 1.54) is 4.31 Å². The van der Waals surface area contributed by atoms with Crippen molar-refractivity contribution in [1.29, 1.82) is 0 Å². The van der Waals surface area contributed by atoms with Gasteiger partial charge in [0.2, 0.25) is 0 Å². The van der Waals surface area contributed by atoms with Crippen molar-refractivity contribution in [2.45, 2.75) is 26.2 Å². The third-order valence-electron chi connectivity index (χ3n) is 2.92. The van der Waals surface area contributed by atoms with Crippen molar-refractivity contribution in [3.63, 3.8) is 0 Å². The summed E-state index contributed by atoms with van der Waals surface area (Å²) in [6, 6.07) is 0. The summed E-state index contributed by atoms with van der Waals surface area (Å²) in [4.78, 5) is 0. The summed E-state index contributed by atoms with van der Waals surface area (Å²) in [7, 11) is -0.123. The third-order valence-corrected chi connectivity index (χ3v) is 4.49. The van der Waals surface area contributed by atoms with Crippen LogP contribution >= 0.6 is 0 Å². The molecule has 0 rings (SSSR count). The van der Waals surface area contributed by atoms with E-state index in [2.05, 4.69) is 10.0 Å². The minimum atomic E-state index is -3.35. The lowest BCUT2D eigenvalue weighted by atomic mass is 10.3. The number of hydrogen-bond donors (Lipinski definition) is 2. The molecule has 0 saturated heterocycles. The summed E-state index contributed by atoms with van der Waals surface area (Å²) in [5.74, 6) is 0. The topological polar surface area (TPSA) is 79.9 Å². The number of unbranched alkanes of at least 4 members (excludes halogenated alkanes) is 1. The number of ether oxygens (including phenoxy) is 2. The van der Waals surface area contributed by atoms with Crippen LogP contribution in [0.25, 0.3) is 0 Å². The minimum Gasteiger partial charge on any atom is -0.382 e. The Bertz CT molecular complexity index is 325. The van der Waals surface area contributed by atoms with Gasteiger partial charge in [-0.15, -0.1) is 0 Å². The molecule has 0 aliphatic carbocycles. The Labute approximate surface area is 129 Å². The molecule has 0 spiro atoms. The molecule has 0 aromatic rings. The maximum absolute atomic E-state index is 11.9. The first-order valence-corrected chi connectivity index (χ1v) is 8.97. The summed E-state index contributed by atoms with van der Waals surface area (Å²) in [5, 5.41) is 3.17. The quantitative estimate of drug-likeness (QED) is 0.420. The number of nitrogens with one attached hydrogen (secondary N) is 2. The van der Waals surface area contributed by atoms with Gasteiger partial charge in [-0.3, -0.25) is 0 Å². The van der Waals surface area contributed by atoms with Crippen LogP contribution in [0.2, 0.25) is 0 Å². The normalized spacial score (nSPS) is 12.2. The highest BCUT2D eigenvalue weighted by molar-refractivity contribution is 7.87. The average molecular weight is 325 g/mol. The zero-order valence-corrected chi connectivity index (χ0v) is 14.4. The lowest BCUT2D eigenvalue weighted by Crippen LogP contribution is -2.39. The molecule has 21 heavy (non-hydrogen) atoms. The standard InChI is InChI=1S/C13H31N3O4S/c1-4-14-8-7-10-16(2)21(17,18)15-9-5-6-11-20-13-12-19-3/h14-15H,4-13H2,1-3H3. The van der Waals surface area contributed by atoms with Crippen molar-refractivity contribution in [2.24, 2.45) is 0 Å². The second-order valence-corrected chi connectivity index (χ2v) is 6.60. The second-order valence-electron chi connectivity index (χ2n) is 4.74. The van der Waals surface area contributed by atoms with Crippen LogP contribution < -0.4 is 10.0 Å². The first-order chi connectivity index (χ1) is 10.0. The van der Waals surface area contributed by atoms with E-state index in [-0.39, 0.29) is 0 Å². The average Bonchev–Trinajstić information content (AvgIpc) is 2.46. The van der Waals surface area contributed by atoms with Gasteiger partial charge < -0.3 is 14.8 Å². The number of nitrogens with zero attached hydrogens (tertiary/aromatic N) is 1. The molecule has 0 saturated carbocycles. The second kappa shape index (κ2) is 13.4. The van der Waals surface area contributed by atoms with Crippen molar-refractivity contribution in [3.8, 4) is 0 Å². The fourth-order valence-corrected chi connectivity index (χ4v) is 2.60. The van der Waals surface area contributed by atoms with Crippen LogP contribution in [0, 0.1) is 0 Å². The van der Waals surface area contributed by atoms with Gasteiger partial charge in [0.15, 0.2) is 0 Å². The van der Waals surface area contributed by atoms with E-state index in [0.29, 0.717) is 32.9 Å². The van der Waals surface area contributed by atoms with Gasteiger partial charge in [-0.1, -0.05) is 6.92 Å². The molecule has 0 aliphatic rings. The molecule has 0 unspecified atom stereocenters. The zero-order chi connectivity index (χ0) is 16.0. The zero-order valence-electron chi connectivity index (χ0n) is 13.6. The van der Waals surface area contributed by atoms with E-state index in [0.717, 1.165) is 32.4 Å². The highest BCUT2D eigenvalue weighted by Gasteiger charge is 2.15. The van der Waals surface area contributed by atoms with Crippen LogP contribution in [0.5, 0.6) is 0 Å². The number of rotatable bonds is 15. The van der Waals surface area contributed by atoms with Crippen LogP contribution in [-0.4, -0.2) is 72.9 Å². The van der Waals surface area contributed by atoms with Crippen molar-refractivity contribution >= 4 is 10.2 Å². The Hall–Kier alpha value is -0.250. The van der Waals surface area contributed by atoms with Crippen molar-refractivity contribution in [2.75, 3.05) is 60.2 Å². The molecule has 0 heterocycles. The first kappa shape index (κ1) is 20.8. The van der Waals surface area contributed by atoms with Gasteiger partial charge in [-0.05, 0) is 32.4 Å². The Morgan fingerprint density at radius 3 is 2.48 bits per heavy atom. The molecule has 0 bridgehead atoms. The summed E-state index contributed by atoms with van der Waals surface area (Å²) >= 11 is 0. The highest BCUT2D eigenvalue weighted by Crippen LogP contribution is 1.97. The molecule has 0 aromatic carbocycles. The predicted octanol–water partition coefficient (Wildman–Crippen LogP) is 0.195. The van der Waals surface area contributed by atoms with Gasteiger partial charge in [-0.25, -0.2) is 4.72 Å². The molecule has 0 amide bonds. The Morgan fingerprint density at radius 2 is 1.81 bits per heavy atom. The summed E-state index contributed by atoms with van der Waals surface area (Å²) in [5.41, 5.74) is 0. The van der Waals surface area contributed by atoms with Crippen LogP contribution in [0.1, 0.15) is 26.2 Å². The van der Waals surface area contributed by atoms with E-state index >= 15 is 0 Å². The van der Waals surface area contributed by atoms with Crippen LogP contribution in [-0.2, 0) is 19.7 Å². The Kier molecular flexibility index (Phi) is 13.3. The molecular weight excluding hydrogens is 294 g/mol. The maximum Gasteiger partial charge on any atom is 0.279 e. The predicted molar refractivity (Wildman–Crippen MR) is 84.6 cm³/mol. The van der Waals surface area contributed by atoms with E-state index in [9.17, 15) is 8.42 Å². The number of hydrogen-bond acceptors (Lipinski definition) is 5. The van der Waals surface area contributed by atoms with Crippen molar-refractivity contribution < 1.29 is 17.9 Å². The van der Waals surface area contributed by atoms with E-state index in [1.807, 2.05) is 6.92 Å². The van der Waals surface area contributed by atoms with E-state index in [1.54, 1.807) is 14.2 Å². The van der Waals surface area contributed by atoms with Gasteiger partial charge in [-0.2, -0.15) is 12.7 Å². The highest BCUT2D eigenvalue weighted by atomic mass is 32.2. The molecule has 128 valence electrons. The monoisotopic (exact) mass is 325 g/mol. The molecule has 0 radical (unpaired) electrons. The molecule has 0 aromatic heterocycles. The fraction of sp³-hybridized carbons (Fsp3) is 1.00. The third kappa shape index (κ3) is 12.0. The molecular formula is C13H31N3O4S. The Morgan fingerprint density at radius 1 is 1.05 bits per heavy atom. The smallest absolute Gasteiger partial charge is 0.279 e. The maximum atomic E-state index is 11.9. The minimum absolute atomic E-state index is 0.438. The molecule has 0 aliphatic heterocycles. The van der Waals surface area contributed by atoms with Gasteiger partial charge >= 0.3 is 0 Å². The molecule has 2 N–H and O–H groups in total. The van der Waals surface area contributed by atoms with Gasteiger partial charge in [0, 0.05) is 33.9 Å². The SMILES string of the molecule is CCNCCCN(C)S(=O)(=O)NCCCCOCCOC. The Balaban J connectivity index is 3.62. The largest absolute Gasteiger partial charge is 0.382 e. The summed E-state index contributed by atoms with van der Waals surface area (Å²) in [6.07, 6.45) is 2.40. The van der Waals surface area contributed by atoms with E-state index < -0.39 is 10.2 Å². The van der Waals surface area contributed by atoms with Crippen LogP contribution in [0.3, 0.4) is 0 Å². The lowest BCUT2D eigenvalue weighted by molar-refractivity contribution is 0.0689. The molecule has 0 fully saturated rings. The molecule has 8 heteroatoms. The molecule has 7 nitrogen and oxygen atoms in total. The fourth-order valence-electron chi connectivity index (χ4n) is 1.61. The molecule has 0 atom stereocenters.